The van der Waals surface area contributed by atoms with E-state index >= 15 is 0 Å². The lowest BCUT2D eigenvalue weighted by molar-refractivity contribution is -0.677. The van der Waals surface area contributed by atoms with Gasteiger partial charge in [0.1, 0.15) is 6.15 Å². The topological polar surface area (TPSA) is 20.9 Å². The van der Waals surface area contributed by atoms with E-state index in [1.165, 1.54) is 6.07 Å². The van der Waals surface area contributed by atoms with Crippen molar-refractivity contribution in [3.8, 4) is 0 Å². The smallest absolute Gasteiger partial charge is 0.287 e. The molecule has 0 N–H and O–H groups in total. The van der Waals surface area contributed by atoms with E-state index in [1.54, 1.807) is 54.6 Å². The highest BCUT2D eigenvalue weighted by Gasteiger charge is 2.48. The zero-order chi connectivity index (χ0) is 60.4. The minimum Gasteiger partial charge on any atom is -0.287 e. The van der Waals surface area contributed by atoms with Crippen molar-refractivity contribution >= 4 is 44.7 Å². The summed E-state index contributed by atoms with van der Waals surface area (Å²) in [5, 5.41) is 0.654. The Kier molecular flexibility index (Phi) is 16.1. The molecule has 0 fully saturated rings. The number of hydrogen-bond acceptors (Lipinski definition) is 1. The largest absolute Gasteiger partial charge is 0.477 e. The summed E-state index contributed by atoms with van der Waals surface area (Å²) in [4.78, 5) is 12.3. The van der Waals surface area contributed by atoms with Crippen molar-refractivity contribution in [2.75, 3.05) is 0 Å². The Labute approximate surface area is 429 Å². The van der Waals surface area contributed by atoms with Gasteiger partial charge in [-0.2, -0.15) is 145 Å². The molecular weight excluding hydrogens is 1150 g/mol. The summed E-state index contributed by atoms with van der Waals surface area (Å²) < 4.78 is 382. The first-order chi connectivity index (χ1) is 36.2. The van der Waals surface area contributed by atoms with E-state index in [2.05, 4.69) is 0 Å². The van der Waals surface area contributed by atoms with Crippen molar-refractivity contribution in [1.29, 1.82) is 0 Å². The SMILES string of the molecule is FC(F)(F)c1cc([B-](c2cc(C(F)(F)F)cc(C(F)(F)F)c2)(c2cc(C(F)(F)F)cc(C(F)(F)F)c2)c2cc(C(F)(F)F)cc(C(F)(F)F)c2)cc(C(F)(F)F)c1.O=C(C[n+]1c(C(F)(F)F)ccc2ccccc21)c1ccccc1. The van der Waals surface area contributed by atoms with E-state index in [1.807, 2.05) is 0 Å². The van der Waals surface area contributed by atoms with Gasteiger partial charge < -0.3 is 0 Å². The molecule has 0 amide bonds. The van der Waals surface area contributed by atoms with Crippen molar-refractivity contribution < 1.29 is 128 Å². The third-order valence-corrected chi connectivity index (χ3v) is 12.1. The fourth-order valence-electron chi connectivity index (χ4n) is 8.61. The van der Waals surface area contributed by atoms with Gasteiger partial charge >= 0.3 is 55.6 Å². The van der Waals surface area contributed by atoms with E-state index in [0.717, 1.165) is 10.6 Å². The molecule has 0 saturated heterocycles. The average Bonchev–Trinajstić information content (AvgIpc) is 3.32. The molecule has 80 heavy (non-hydrogen) atoms. The molecule has 7 rings (SSSR count). The molecule has 2 nitrogen and oxygen atoms in total. The maximum absolute atomic E-state index is 14.2. The number of nitrogens with zero attached hydrogens (tertiary/aromatic N) is 1. The van der Waals surface area contributed by atoms with Crippen LogP contribution in [0.15, 0.2) is 140 Å². The predicted octanol–water partition coefficient (Wildman–Crippen LogP) is 15.2. The Balaban J connectivity index is 0.000000370. The number of halogens is 27. The number of benzene rings is 6. The standard InChI is InChI=1S/C32H12BF24.C18H13F3NO/c34-25(35,36)13-1-14(26(37,38)39)6-21(5-13)33(22-7-15(27(40,41)42)2-16(8-22)28(43,44)45,23-9-17(29(46,47)48)3-18(10-23)30(49,50)51)24-11-19(31(52,53)54)4-20(12-24)32(55,56)57;19-18(20,21)17-11-10-13-6-4-5-9-15(13)22(17)12-16(23)14-7-2-1-3-8-14/h1-12H;1-11H,12H2/q-1;+1. The lowest BCUT2D eigenvalue weighted by Gasteiger charge is -2.46. The first-order valence-electron chi connectivity index (χ1n) is 21.7. The van der Waals surface area contributed by atoms with Crippen LogP contribution >= 0.6 is 0 Å². The Morgan fingerprint density at radius 3 is 0.838 bits per heavy atom. The molecule has 0 aliphatic carbocycles. The second kappa shape index (κ2) is 20.9. The first-order valence-corrected chi connectivity index (χ1v) is 21.7. The molecule has 0 atom stereocenters. The van der Waals surface area contributed by atoms with Gasteiger partial charge in [-0.3, -0.25) is 4.79 Å². The van der Waals surface area contributed by atoms with Crippen LogP contribution in [-0.4, -0.2) is 11.9 Å². The zero-order valence-electron chi connectivity index (χ0n) is 38.6. The molecule has 0 spiro atoms. The lowest BCUT2D eigenvalue weighted by Crippen LogP contribution is -2.75. The maximum atomic E-state index is 14.2. The molecule has 0 aliphatic heterocycles. The van der Waals surface area contributed by atoms with Gasteiger partial charge in [0.15, 0.2) is 0 Å². The third-order valence-electron chi connectivity index (χ3n) is 12.1. The zero-order valence-corrected chi connectivity index (χ0v) is 38.6. The predicted molar refractivity (Wildman–Crippen MR) is 230 cm³/mol. The molecule has 6 aromatic carbocycles. The van der Waals surface area contributed by atoms with Crippen LogP contribution in [0.2, 0.25) is 0 Å². The molecular formula is C50H25BF27NO. The molecule has 30 heteroatoms. The van der Waals surface area contributed by atoms with Crippen LogP contribution in [-0.2, 0) is 62.1 Å². The normalized spacial score (nSPS) is 13.5. The Bertz CT molecular complexity index is 2970. The van der Waals surface area contributed by atoms with Crippen LogP contribution in [0, 0.1) is 0 Å². The fraction of sp³-hybridized carbons (Fsp3) is 0.200. The van der Waals surface area contributed by atoms with Crippen LogP contribution in [0.25, 0.3) is 10.9 Å². The molecule has 7 aromatic rings. The monoisotopic (exact) mass is 1180 g/mol. The number of aromatic nitrogens is 1. The number of fused-ring (bicyclic) bond motifs is 1. The highest BCUT2D eigenvalue weighted by molar-refractivity contribution is 7.20. The molecule has 0 radical (unpaired) electrons. The van der Waals surface area contributed by atoms with Gasteiger partial charge in [-0.05, 0) is 36.4 Å². The second-order valence-corrected chi connectivity index (χ2v) is 17.4. The van der Waals surface area contributed by atoms with E-state index < -0.39 is 207 Å². The summed E-state index contributed by atoms with van der Waals surface area (Å²) in [7, 11) is 0. The highest BCUT2D eigenvalue weighted by atomic mass is 19.4. The van der Waals surface area contributed by atoms with E-state index in [-0.39, 0.29) is 12.3 Å². The summed E-state index contributed by atoms with van der Waals surface area (Å²) >= 11 is 0. The molecule has 1 heterocycles. The van der Waals surface area contributed by atoms with E-state index in [4.69, 9.17) is 0 Å². The molecule has 0 unspecified atom stereocenters. The van der Waals surface area contributed by atoms with Crippen molar-refractivity contribution in [3.05, 3.63) is 195 Å². The van der Waals surface area contributed by atoms with Crippen molar-refractivity contribution in [2.45, 2.75) is 62.1 Å². The molecule has 428 valence electrons. The molecule has 0 aliphatic rings. The first kappa shape index (κ1) is 61.8. The van der Waals surface area contributed by atoms with Gasteiger partial charge in [-0.15, -0.1) is 0 Å². The van der Waals surface area contributed by atoms with Gasteiger partial charge in [0.05, 0.1) is 44.5 Å². The number of hydrogen-bond donors (Lipinski definition) is 0. The van der Waals surface area contributed by atoms with Gasteiger partial charge in [0.25, 0.3) is 5.69 Å². The minimum atomic E-state index is -6.13. The quantitative estimate of drug-likeness (QED) is 0.0674. The summed E-state index contributed by atoms with van der Waals surface area (Å²) in [6.07, 6.45) is -59.3. The minimum absolute atomic E-state index is 0.361. The van der Waals surface area contributed by atoms with Crippen molar-refractivity contribution in [3.63, 3.8) is 0 Å². The van der Waals surface area contributed by atoms with Gasteiger partial charge in [0.2, 0.25) is 17.8 Å². The van der Waals surface area contributed by atoms with E-state index in [9.17, 15) is 123 Å². The Morgan fingerprint density at radius 2 is 0.575 bits per heavy atom. The number of carbonyl (C=O) groups is 1. The van der Waals surface area contributed by atoms with Crippen LogP contribution in [0.3, 0.4) is 0 Å². The van der Waals surface area contributed by atoms with Gasteiger partial charge in [0, 0.05) is 23.1 Å². The second-order valence-electron chi connectivity index (χ2n) is 17.4. The number of Topliss-reactive ketones (excluding diaryl/α,β-unsaturated/α-hetero) is 1. The van der Waals surface area contributed by atoms with Crippen LogP contribution in [0.5, 0.6) is 0 Å². The number of alkyl halides is 27. The van der Waals surface area contributed by atoms with Gasteiger partial charge in [-0.25, -0.2) is 0 Å². The maximum Gasteiger partial charge on any atom is 0.477 e. The molecule has 1 aromatic heterocycles. The molecule has 0 bridgehead atoms. The number of para-hydroxylation sites is 1. The Hall–Kier alpha value is -7.43. The van der Waals surface area contributed by atoms with E-state index in [0.29, 0.717) is 16.5 Å². The number of carbonyl (C=O) groups excluding carboxylic acids is 1. The lowest BCUT2D eigenvalue weighted by atomic mass is 9.12. The summed E-state index contributed by atoms with van der Waals surface area (Å²) in [5.41, 5.74) is -30.3. The molecule has 0 saturated carbocycles. The summed E-state index contributed by atoms with van der Waals surface area (Å²) in [6.45, 7) is -0.361. The summed E-state index contributed by atoms with van der Waals surface area (Å²) in [5.74, 6) is -0.363. The van der Waals surface area contributed by atoms with Crippen LogP contribution in [0.1, 0.15) is 60.6 Å². The van der Waals surface area contributed by atoms with Crippen LogP contribution in [0.4, 0.5) is 119 Å². The number of pyridine rings is 1. The summed E-state index contributed by atoms with van der Waals surface area (Å²) in [6, 6.07) is 8.66. The van der Waals surface area contributed by atoms with Crippen molar-refractivity contribution in [2.24, 2.45) is 0 Å². The third kappa shape index (κ3) is 13.6. The number of ketones is 1. The van der Waals surface area contributed by atoms with Crippen molar-refractivity contribution in [1.82, 2.24) is 0 Å². The van der Waals surface area contributed by atoms with Gasteiger partial charge in [-0.1, -0.05) is 91.0 Å². The Morgan fingerprint density at radius 1 is 0.312 bits per heavy atom. The fourth-order valence-corrected chi connectivity index (χ4v) is 8.61. The number of rotatable bonds is 7. The highest BCUT2D eigenvalue weighted by Crippen LogP contribution is 2.42. The average molecular weight is 1180 g/mol. The van der Waals surface area contributed by atoms with Crippen LogP contribution < -0.4 is 26.4 Å².